The van der Waals surface area contributed by atoms with Gasteiger partial charge < -0.3 is 10.4 Å². The van der Waals surface area contributed by atoms with Crippen molar-refractivity contribution in [3.63, 3.8) is 0 Å². The highest BCUT2D eigenvalue weighted by molar-refractivity contribution is 8.00. The van der Waals surface area contributed by atoms with E-state index < -0.39 is 5.60 Å². The molecule has 2 atom stereocenters. The van der Waals surface area contributed by atoms with Crippen molar-refractivity contribution in [3.8, 4) is 0 Å². The van der Waals surface area contributed by atoms with Gasteiger partial charge in [0.1, 0.15) is 12.1 Å². The maximum atomic E-state index is 10.7. The monoisotopic (exact) mass is 307 g/mol. The summed E-state index contributed by atoms with van der Waals surface area (Å²) in [6, 6.07) is 0. The average molecular weight is 307 g/mol. The van der Waals surface area contributed by atoms with E-state index in [4.69, 9.17) is 0 Å². The predicted octanol–water partition coefficient (Wildman–Crippen LogP) is 1.80. The third-order valence-electron chi connectivity index (χ3n) is 4.28. The lowest BCUT2D eigenvalue weighted by atomic mass is 9.79. The van der Waals surface area contributed by atoms with Gasteiger partial charge in [-0.1, -0.05) is 6.92 Å². The molecular formula is C14H21N5OS. The zero-order valence-corrected chi connectivity index (χ0v) is 13.4. The van der Waals surface area contributed by atoms with Crippen molar-refractivity contribution in [2.45, 2.75) is 44.5 Å². The van der Waals surface area contributed by atoms with Gasteiger partial charge in [-0.3, -0.25) is 0 Å². The van der Waals surface area contributed by atoms with Crippen LogP contribution in [0.4, 0.5) is 5.82 Å². The minimum Gasteiger partial charge on any atom is -0.387 e. The summed E-state index contributed by atoms with van der Waals surface area (Å²) in [6.07, 6.45) is 3.44. The van der Waals surface area contributed by atoms with Crippen LogP contribution in [0.1, 0.15) is 31.0 Å². The van der Waals surface area contributed by atoms with E-state index in [1.165, 1.54) is 6.33 Å². The number of nitrogens with zero attached hydrogens (tertiary/aromatic N) is 4. The summed E-state index contributed by atoms with van der Waals surface area (Å²) in [5.41, 5.74) is 1.34. The summed E-state index contributed by atoms with van der Waals surface area (Å²) >= 11 is 1.84. The number of hydrogen-bond acceptors (Lipinski definition) is 6. The van der Waals surface area contributed by atoms with Crippen molar-refractivity contribution in [1.82, 2.24) is 19.6 Å². The molecule has 0 saturated heterocycles. The van der Waals surface area contributed by atoms with Gasteiger partial charge in [-0.05, 0) is 32.4 Å². The number of thioether (sulfide) groups is 1. The van der Waals surface area contributed by atoms with E-state index in [0.29, 0.717) is 17.6 Å². The number of aliphatic hydroxyl groups is 1. The smallest absolute Gasteiger partial charge is 0.254 e. The zero-order valence-electron chi connectivity index (χ0n) is 12.6. The van der Waals surface area contributed by atoms with Gasteiger partial charge in [-0.25, -0.2) is 4.98 Å². The first-order valence-corrected chi connectivity index (χ1v) is 8.35. The third kappa shape index (κ3) is 2.48. The van der Waals surface area contributed by atoms with Gasteiger partial charge in [0.05, 0.1) is 5.60 Å². The Morgan fingerprint density at radius 2 is 2.33 bits per heavy atom. The average Bonchev–Trinajstić information content (AvgIpc) is 2.91. The van der Waals surface area contributed by atoms with Crippen molar-refractivity contribution in [2.24, 2.45) is 0 Å². The fourth-order valence-electron chi connectivity index (χ4n) is 2.71. The normalized spacial score (nSPS) is 25.0. The van der Waals surface area contributed by atoms with Crippen LogP contribution in [0, 0.1) is 13.8 Å². The van der Waals surface area contributed by atoms with Crippen LogP contribution >= 0.6 is 11.8 Å². The standard InChI is InChI=1S/C14H21N5OS/c1-4-21-11-5-6-14(11,20)7-15-12-9(2)10(3)18-13-16-8-17-19(12)13/h8,11,15,20H,4-7H2,1-3H3. The Labute approximate surface area is 128 Å². The Morgan fingerprint density at radius 3 is 3.00 bits per heavy atom. The fourth-order valence-corrected chi connectivity index (χ4v) is 3.91. The third-order valence-corrected chi connectivity index (χ3v) is 5.69. The number of aromatic nitrogens is 4. The molecule has 1 aliphatic rings. The highest BCUT2D eigenvalue weighted by Crippen LogP contribution is 2.41. The summed E-state index contributed by atoms with van der Waals surface area (Å²) in [4.78, 5) is 8.54. The second kappa shape index (κ2) is 5.46. The van der Waals surface area contributed by atoms with E-state index in [1.54, 1.807) is 4.52 Å². The summed E-state index contributed by atoms with van der Waals surface area (Å²) in [6.45, 7) is 6.63. The molecule has 0 aromatic carbocycles. The molecule has 1 fully saturated rings. The molecule has 2 aromatic rings. The lowest BCUT2D eigenvalue weighted by molar-refractivity contribution is -0.0121. The molecular weight excluding hydrogens is 286 g/mol. The number of anilines is 1. The van der Waals surface area contributed by atoms with Gasteiger partial charge >= 0.3 is 0 Å². The molecule has 0 spiro atoms. The molecule has 0 bridgehead atoms. The highest BCUT2D eigenvalue weighted by Gasteiger charge is 2.45. The number of aryl methyl sites for hydroxylation is 1. The topological polar surface area (TPSA) is 75.3 Å². The van der Waals surface area contributed by atoms with Crippen LogP contribution in [0.2, 0.25) is 0 Å². The Morgan fingerprint density at radius 1 is 1.52 bits per heavy atom. The first-order chi connectivity index (χ1) is 10.0. The van der Waals surface area contributed by atoms with E-state index in [2.05, 4.69) is 27.3 Å². The fraction of sp³-hybridized carbons (Fsp3) is 0.643. The summed E-state index contributed by atoms with van der Waals surface area (Å²) in [7, 11) is 0. The van der Waals surface area contributed by atoms with E-state index in [0.717, 1.165) is 35.7 Å². The molecule has 1 aliphatic carbocycles. The van der Waals surface area contributed by atoms with Crippen molar-refractivity contribution in [3.05, 3.63) is 17.6 Å². The number of fused-ring (bicyclic) bond motifs is 1. The van der Waals surface area contributed by atoms with Gasteiger partial charge in [0.2, 0.25) is 0 Å². The molecule has 7 heteroatoms. The zero-order chi connectivity index (χ0) is 15.0. The Hall–Kier alpha value is -1.34. The number of hydrogen-bond donors (Lipinski definition) is 2. The van der Waals surface area contributed by atoms with Gasteiger partial charge in [0.15, 0.2) is 0 Å². The van der Waals surface area contributed by atoms with E-state index >= 15 is 0 Å². The second-order valence-electron chi connectivity index (χ2n) is 5.58. The van der Waals surface area contributed by atoms with Crippen molar-refractivity contribution < 1.29 is 5.11 Å². The minimum atomic E-state index is -0.628. The van der Waals surface area contributed by atoms with Gasteiger partial charge in [0, 0.05) is 23.1 Å². The van der Waals surface area contributed by atoms with Gasteiger partial charge in [0.25, 0.3) is 5.78 Å². The maximum Gasteiger partial charge on any atom is 0.254 e. The largest absolute Gasteiger partial charge is 0.387 e. The molecule has 0 amide bonds. The van der Waals surface area contributed by atoms with E-state index in [-0.39, 0.29) is 0 Å². The molecule has 2 N–H and O–H groups in total. The van der Waals surface area contributed by atoms with Crippen LogP contribution in [0.5, 0.6) is 0 Å². The number of rotatable bonds is 5. The first-order valence-electron chi connectivity index (χ1n) is 7.30. The predicted molar refractivity (Wildman–Crippen MR) is 84.8 cm³/mol. The van der Waals surface area contributed by atoms with Crippen LogP contribution in [-0.4, -0.2) is 47.8 Å². The Kier molecular flexibility index (Phi) is 3.79. The summed E-state index contributed by atoms with van der Waals surface area (Å²) < 4.78 is 1.70. The Bertz CT molecular complexity index is 658. The SMILES string of the molecule is CCSC1CCC1(O)CNc1c(C)c(C)nc2ncnn12. The molecule has 2 unspecified atom stereocenters. The molecule has 2 aromatic heterocycles. The molecule has 0 aliphatic heterocycles. The van der Waals surface area contributed by atoms with Crippen LogP contribution in [0.25, 0.3) is 5.78 Å². The Balaban J connectivity index is 1.82. The van der Waals surface area contributed by atoms with Crippen LogP contribution in [0.15, 0.2) is 6.33 Å². The van der Waals surface area contributed by atoms with Gasteiger partial charge in [-0.15, -0.1) is 0 Å². The lowest BCUT2D eigenvalue weighted by Gasteiger charge is -2.45. The maximum absolute atomic E-state index is 10.7. The molecule has 21 heavy (non-hydrogen) atoms. The molecule has 114 valence electrons. The quantitative estimate of drug-likeness (QED) is 0.877. The van der Waals surface area contributed by atoms with Crippen LogP contribution in [0.3, 0.4) is 0 Å². The van der Waals surface area contributed by atoms with Crippen molar-refractivity contribution in [2.75, 3.05) is 17.6 Å². The number of nitrogens with one attached hydrogen (secondary N) is 1. The van der Waals surface area contributed by atoms with Crippen molar-refractivity contribution >= 4 is 23.4 Å². The molecule has 3 rings (SSSR count). The van der Waals surface area contributed by atoms with Gasteiger partial charge in [-0.2, -0.15) is 26.4 Å². The second-order valence-corrected chi connectivity index (χ2v) is 7.06. The first kappa shape index (κ1) is 14.6. The van der Waals surface area contributed by atoms with E-state index in [1.807, 2.05) is 25.6 Å². The molecule has 0 radical (unpaired) electrons. The lowest BCUT2D eigenvalue weighted by Crippen LogP contribution is -2.54. The van der Waals surface area contributed by atoms with Crippen LogP contribution in [-0.2, 0) is 0 Å². The van der Waals surface area contributed by atoms with Crippen molar-refractivity contribution in [1.29, 1.82) is 0 Å². The summed E-state index contributed by atoms with van der Waals surface area (Å²) in [5, 5.41) is 18.6. The molecule has 6 nitrogen and oxygen atoms in total. The summed E-state index contributed by atoms with van der Waals surface area (Å²) in [5.74, 6) is 2.49. The molecule has 2 heterocycles. The van der Waals surface area contributed by atoms with E-state index in [9.17, 15) is 5.11 Å². The minimum absolute atomic E-state index is 0.324. The van der Waals surface area contributed by atoms with Crippen LogP contribution < -0.4 is 5.32 Å². The molecule has 1 saturated carbocycles. The highest BCUT2D eigenvalue weighted by atomic mass is 32.2.